The maximum atomic E-state index is 11.1. The van der Waals surface area contributed by atoms with Crippen molar-refractivity contribution >= 4 is 33.3 Å². The number of para-hydroxylation sites is 2. The van der Waals surface area contributed by atoms with Crippen LogP contribution in [0.4, 0.5) is 5.69 Å². The van der Waals surface area contributed by atoms with Gasteiger partial charge in [0, 0.05) is 54.4 Å². The van der Waals surface area contributed by atoms with Crippen LogP contribution in [0.5, 0.6) is 0 Å². The number of aliphatic hydroxyl groups is 1. The average Bonchev–Trinajstić information content (AvgIpc) is 3.63. The van der Waals surface area contributed by atoms with Gasteiger partial charge in [0.1, 0.15) is 0 Å². The molecule has 39 heavy (non-hydrogen) atoms. The van der Waals surface area contributed by atoms with Crippen molar-refractivity contribution < 1.29 is 5.11 Å². The molecule has 2 aliphatic heterocycles. The van der Waals surface area contributed by atoms with Crippen molar-refractivity contribution in [3.8, 4) is 0 Å². The van der Waals surface area contributed by atoms with Crippen LogP contribution in [0, 0.1) is 5.92 Å². The van der Waals surface area contributed by atoms with E-state index in [1.807, 2.05) is 24.1 Å². The van der Waals surface area contributed by atoms with Gasteiger partial charge < -0.3 is 14.2 Å². The summed E-state index contributed by atoms with van der Waals surface area (Å²) in [5, 5.41) is 17.9. The molecule has 1 fully saturated rings. The summed E-state index contributed by atoms with van der Waals surface area (Å²) >= 11 is 0. The molecule has 0 spiro atoms. The molecule has 0 saturated carbocycles. The number of hydrogen-bond donors (Lipinski definition) is 2. The molecule has 2 aromatic heterocycles. The number of amidine groups is 1. The number of rotatable bonds is 6. The molecular formula is C32H34N6O. The van der Waals surface area contributed by atoms with Crippen molar-refractivity contribution in [2.24, 2.45) is 18.1 Å². The number of aromatic nitrogens is 2. The van der Waals surface area contributed by atoms with E-state index in [1.165, 1.54) is 23.9 Å². The number of likely N-dealkylation sites (tertiary alicyclic amines) is 1. The SMILES string of the molecule is Cn1cc(C2=NNC(O)N2c2cn(CC3CCN(Cc4ccccc4)CC3)c3ccccc23)c2ccccc21. The number of benzene rings is 3. The van der Waals surface area contributed by atoms with Crippen LogP contribution >= 0.6 is 0 Å². The van der Waals surface area contributed by atoms with Crippen molar-refractivity contribution in [3.05, 3.63) is 102 Å². The molecule has 7 heteroatoms. The van der Waals surface area contributed by atoms with E-state index in [4.69, 9.17) is 0 Å². The van der Waals surface area contributed by atoms with Gasteiger partial charge in [-0.25, -0.2) is 0 Å². The largest absolute Gasteiger partial charge is 0.355 e. The Morgan fingerprint density at radius 1 is 0.846 bits per heavy atom. The highest BCUT2D eigenvalue weighted by molar-refractivity contribution is 6.20. The van der Waals surface area contributed by atoms with Crippen LogP contribution in [-0.2, 0) is 20.1 Å². The topological polar surface area (TPSA) is 61.0 Å². The fraction of sp³-hybridized carbons (Fsp3) is 0.281. The van der Waals surface area contributed by atoms with Crippen molar-refractivity contribution in [2.75, 3.05) is 18.0 Å². The number of fused-ring (bicyclic) bond motifs is 2. The van der Waals surface area contributed by atoms with Gasteiger partial charge in [0.2, 0.25) is 6.35 Å². The van der Waals surface area contributed by atoms with Crippen LogP contribution < -0.4 is 10.3 Å². The molecular weight excluding hydrogens is 484 g/mol. The smallest absolute Gasteiger partial charge is 0.226 e. The summed E-state index contributed by atoms with van der Waals surface area (Å²) in [5.74, 6) is 1.35. The van der Waals surface area contributed by atoms with E-state index in [0.29, 0.717) is 5.92 Å². The molecule has 0 amide bonds. The van der Waals surface area contributed by atoms with E-state index in [9.17, 15) is 5.11 Å². The van der Waals surface area contributed by atoms with Gasteiger partial charge in [-0.1, -0.05) is 66.7 Å². The zero-order valence-electron chi connectivity index (χ0n) is 22.2. The van der Waals surface area contributed by atoms with Crippen LogP contribution in [0.1, 0.15) is 24.0 Å². The third kappa shape index (κ3) is 4.37. The Labute approximate surface area is 228 Å². The van der Waals surface area contributed by atoms with Gasteiger partial charge in [-0.3, -0.25) is 15.2 Å². The first-order valence-electron chi connectivity index (χ1n) is 13.8. The van der Waals surface area contributed by atoms with Gasteiger partial charge in [0.05, 0.1) is 11.2 Å². The molecule has 5 aromatic rings. The van der Waals surface area contributed by atoms with Crippen LogP contribution in [0.3, 0.4) is 0 Å². The maximum Gasteiger partial charge on any atom is 0.226 e. The highest BCUT2D eigenvalue weighted by Crippen LogP contribution is 2.35. The van der Waals surface area contributed by atoms with E-state index in [2.05, 4.69) is 104 Å². The van der Waals surface area contributed by atoms with Crippen molar-refractivity contribution in [1.29, 1.82) is 0 Å². The minimum absolute atomic E-state index is 0.619. The number of aliphatic hydroxyl groups excluding tert-OH is 1. The lowest BCUT2D eigenvalue weighted by molar-refractivity contribution is 0.159. The van der Waals surface area contributed by atoms with Gasteiger partial charge >= 0.3 is 0 Å². The van der Waals surface area contributed by atoms with Gasteiger partial charge in [-0.15, -0.1) is 0 Å². The monoisotopic (exact) mass is 518 g/mol. The Kier molecular flexibility index (Phi) is 6.10. The van der Waals surface area contributed by atoms with Gasteiger partial charge in [-0.2, -0.15) is 5.10 Å². The number of aryl methyl sites for hydroxylation is 1. The van der Waals surface area contributed by atoms with E-state index in [0.717, 1.165) is 59.6 Å². The summed E-state index contributed by atoms with van der Waals surface area (Å²) in [4.78, 5) is 4.51. The van der Waals surface area contributed by atoms with E-state index in [1.54, 1.807) is 0 Å². The summed E-state index contributed by atoms with van der Waals surface area (Å²) in [6, 6.07) is 27.6. The number of hydrogen-bond acceptors (Lipinski definition) is 5. The van der Waals surface area contributed by atoms with Crippen molar-refractivity contribution in [2.45, 2.75) is 32.3 Å². The predicted octanol–water partition coefficient (Wildman–Crippen LogP) is 5.09. The second-order valence-corrected chi connectivity index (χ2v) is 10.9. The molecule has 1 saturated heterocycles. The fourth-order valence-electron chi connectivity index (χ4n) is 6.32. The lowest BCUT2D eigenvalue weighted by atomic mass is 9.96. The van der Waals surface area contributed by atoms with Crippen LogP contribution in [-0.4, -0.2) is 44.4 Å². The summed E-state index contributed by atoms with van der Waals surface area (Å²) in [5.41, 5.74) is 8.60. The fourth-order valence-corrected chi connectivity index (χ4v) is 6.32. The molecule has 1 unspecified atom stereocenters. The average molecular weight is 519 g/mol. The lowest BCUT2D eigenvalue weighted by Gasteiger charge is -2.32. The Balaban J connectivity index is 1.16. The minimum Gasteiger partial charge on any atom is -0.355 e. The molecule has 0 aliphatic carbocycles. The standard InChI is InChI=1S/C32H34N6O/c1-35-21-27(25-11-5-7-13-28(25)35)31-33-34-32(39)38(31)30-22-37(29-14-8-6-12-26(29)30)20-24-15-17-36(18-16-24)19-23-9-3-2-4-10-23/h2-14,21-22,24,32,34,39H,15-20H2,1H3. The molecule has 0 bridgehead atoms. The van der Waals surface area contributed by atoms with Crippen LogP contribution in [0.2, 0.25) is 0 Å². The molecule has 198 valence electrons. The molecule has 0 radical (unpaired) electrons. The molecule has 2 N–H and O–H groups in total. The summed E-state index contributed by atoms with van der Waals surface area (Å²) in [6.07, 6.45) is 5.74. The maximum absolute atomic E-state index is 11.1. The summed E-state index contributed by atoms with van der Waals surface area (Å²) < 4.78 is 4.50. The Morgan fingerprint density at radius 2 is 1.54 bits per heavy atom. The molecule has 7 nitrogen and oxygen atoms in total. The first kappa shape index (κ1) is 24.0. The number of hydrazone groups is 1. The number of anilines is 1. The van der Waals surface area contributed by atoms with E-state index in [-0.39, 0.29) is 0 Å². The summed E-state index contributed by atoms with van der Waals surface area (Å²) in [7, 11) is 2.05. The number of nitrogens with zero attached hydrogens (tertiary/aromatic N) is 5. The quantitative estimate of drug-likeness (QED) is 0.329. The first-order chi connectivity index (χ1) is 19.2. The van der Waals surface area contributed by atoms with Crippen LogP contribution in [0.25, 0.3) is 21.8 Å². The second kappa shape index (κ2) is 9.91. The van der Waals surface area contributed by atoms with Crippen LogP contribution in [0.15, 0.2) is 96.4 Å². The molecule has 3 aromatic carbocycles. The first-order valence-corrected chi connectivity index (χ1v) is 13.8. The zero-order chi connectivity index (χ0) is 26.3. The zero-order valence-corrected chi connectivity index (χ0v) is 22.2. The molecule has 7 rings (SSSR count). The van der Waals surface area contributed by atoms with Crippen molar-refractivity contribution in [3.63, 3.8) is 0 Å². The summed E-state index contributed by atoms with van der Waals surface area (Å²) in [6.45, 7) is 4.24. The second-order valence-electron chi connectivity index (χ2n) is 10.9. The number of nitrogens with one attached hydrogen (secondary N) is 1. The molecule has 4 heterocycles. The minimum atomic E-state index is -0.931. The van der Waals surface area contributed by atoms with Gasteiger partial charge in [0.25, 0.3) is 0 Å². The lowest BCUT2D eigenvalue weighted by Crippen LogP contribution is -2.40. The predicted molar refractivity (Wildman–Crippen MR) is 157 cm³/mol. The van der Waals surface area contributed by atoms with Gasteiger partial charge in [-0.05, 0) is 49.5 Å². The number of piperidine rings is 1. The Bertz CT molecular complexity index is 1640. The highest BCUT2D eigenvalue weighted by Gasteiger charge is 2.33. The third-order valence-corrected chi connectivity index (χ3v) is 8.33. The van der Waals surface area contributed by atoms with Gasteiger partial charge in [0.15, 0.2) is 5.84 Å². The Hall–Kier alpha value is -4.07. The third-order valence-electron chi connectivity index (χ3n) is 8.33. The van der Waals surface area contributed by atoms with Crippen molar-refractivity contribution in [1.82, 2.24) is 19.5 Å². The van der Waals surface area contributed by atoms with E-state index < -0.39 is 6.35 Å². The Morgan fingerprint density at radius 3 is 2.33 bits per heavy atom. The highest BCUT2D eigenvalue weighted by atomic mass is 16.3. The molecule has 1 atom stereocenters. The van der Waals surface area contributed by atoms with E-state index >= 15 is 0 Å². The molecule has 2 aliphatic rings. The normalized spacial score (nSPS) is 18.7.